The summed E-state index contributed by atoms with van der Waals surface area (Å²) in [6, 6.07) is 15.2. The van der Waals surface area contributed by atoms with Gasteiger partial charge >= 0.3 is 0 Å². The highest BCUT2D eigenvalue weighted by Gasteiger charge is 2.12. The molecule has 2 heterocycles. The highest BCUT2D eigenvalue weighted by molar-refractivity contribution is 5.63. The molecule has 7 nitrogen and oxygen atoms in total. The van der Waals surface area contributed by atoms with E-state index in [1.165, 1.54) is 0 Å². The molecule has 2 aromatic heterocycles. The largest absolute Gasteiger partial charge is 0.497 e. The SMILES string of the molecule is COc1ccc(-c2cnn3c(-c4ccc(OC)cc4)nnc3n2)cc1. The molecule has 4 aromatic rings. The summed E-state index contributed by atoms with van der Waals surface area (Å²) in [5, 5.41) is 12.8. The molecule has 25 heavy (non-hydrogen) atoms. The number of rotatable bonds is 4. The number of hydrogen-bond acceptors (Lipinski definition) is 6. The van der Waals surface area contributed by atoms with Crippen LogP contribution >= 0.6 is 0 Å². The highest BCUT2D eigenvalue weighted by Crippen LogP contribution is 2.23. The Morgan fingerprint density at radius 3 is 1.96 bits per heavy atom. The lowest BCUT2D eigenvalue weighted by atomic mass is 10.1. The van der Waals surface area contributed by atoms with Gasteiger partial charge in [0.2, 0.25) is 0 Å². The maximum atomic E-state index is 5.18. The molecule has 0 saturated heterocycles. The van der Waals surface area contributed by atoms with E-state index in [9.17, 15) is 0 Å². The molecule has 7 heteroatoms. The zero-order chi connectivity index (χ0) is 17.2. The topological polar surface area (TPSA) is 74.4 Å². The Balaban J connectivity index is 1.72. The first-order valence-corrected chi connectivity index (χ1v) is 7.66. The molecule has 0 fully saturated rings. The number of nitrogens with zero attached hydrogens (tertiary/aromatic N) is 5. The van der Waals surface area contributed by atoms with E-state index >= 15 is 0 Å². The second kappa shape index (κ2) is 6.20. The maximum Gasteiger partial charge on any atom is 0.272 e. The average molecular weight is 333 g/mol. The van der Waals surface area contributed by atoms with Gasteiger partial charge in [0.1, 0.15) is 11.5 Å². The van der Waals surface area contributed by atoms with Crippen LogP contribution in [0.25, 0.3) is 28.4 Å². The smallest absolute Gasteiger partial charge is 0.272 e. The molecule has 0 saturated carbocycles. The maximum absolute atomic E-state index is 5.18. The van der Waals surface area contributed by atoms with Crippen molar-refractivity contribution in [1.29, 1.82) is 0 Å². The average Bonchev–Trinajstić information content (AvgIpc) is 3.11. The normalized spacial score (nSPS) is 10.8. The van der Waals surface area contributed by atoms with Gasteiger partial charge in [0.25, 0.3) is 5.78 Å². The van der Waals surface area contributed by atoms with Crippen molar-refractivity contribution in [2.24, 2.45) is 0 Å². The summed E-state index contributed by atoms with van der Waals surface area (Å²) >= 11 is 0. The van der Waals surface area contributed by atoms with Crippen molar-refractivity contribution >= 4 is 5.78 Å². The van der Waals surface area contributed by atoms with E-state index in [1.807, 2.05) is 48.5 Å². The molecule has 0 bridgehead atoms. The van der Waals surface area contributed by atoms with Gasteiger partial charge in [0.15, 0.2) is 5.82 Å². The molecular formula is C18H15N5O2. The fraction of sp³-hybridized carbons (Fsp3) is 0.111. The third kappa shape index (κ3) is 2.76. The third-order valence-electron chi connectivity index (χ3n) is 3.87. The van der Waals surface area contributed by atoms with Crippen molar-refractivity contribution in [3.8, 4) is 34.1 Å². The van der Waals surface area contributed by atoms with Crippen molar-refractivity contribution in [2.75, 3.05) is 14.2 Å². The number of hydrogen-bond donors (Lipinski definition) is 0. The predicted molar refractivity (Wildman–Crippen MR) is 92.6 cm³/mol. The second-order valence-electron chi connectivity index (χ2n) is 5.33. The van der Waals surface area contributed by atoms with E-state index in [4.69, 9.17) is 9.47 Å². The molecule has 0 amide bonds. The molecule has 2 aromatic carbocycles. The molecule has 0 aliphatic heterocycles. The molecule has 0 aliphatic carbocycles. The molecule has 0 aliphatic rings. The molecule has 4 rings (SSSR count). The monoisotopic (exact) mass is 333 g/mol. The van der Waals surface area contributed by atoms with E-state index in [0.717, 1.165) is 28.3 Å². The van der Waals surface area contributed by atoms with Crippen LogP contribution in [0, 0.1) is 0 Å². The van der Waals surface area contributed by atoms with Crippen molar-refractivity contribution in [2.45, 2.75) is 0 Å². The van der Waals surface area contributed by atoms with Crippen molar-refractivity contribution in [3.63, 3.8) is 0 Å². The first-order chi connectivity index (χ1) is 12.3. The minimum Gasteiger partial charge on any atom is -0.497 e. The summed E-state index contributed by atoms with van der Waals surface area (Å²) in [5.74, 6) is 2.65. The van der Waals surface area contributed by atoms with Gasteiger partial charge in [-0.3, -0.25) is 0 Å². The summed E-state index contributed by atoms with van der Waals surface area (Å²) in [7, 11) is 3.27. The first kappa shape index (κ1) is 15.1. The van der Waals surface area contributed by atoms with Gasteiger partial charge in [0.05, 0.1) is 26.1 Å². The number of benzene rings is 2. The molecule has 0 atom stereocenters. The fourth-order valence-corrected chi connectivity index (χ4v) is 2.52. The van der Waals surface area contributed by atoms with Gasteiger partial charge in [-0.15, -0.1) is 10.2 Å². The Bertz CT molecular complexity index is 1010. The van der Waals surface area contributed by atoms with Gasteiger partial charge in [0, 0.05) is 11.1 Å². The van der Waals surface area contributed by atoms with E-state index in [0.29, 0.717) is 11.6 Å². The van der Waals surface area contributed by atoms with E-state index in [-0.39, 0.29) is 0 Å². The van der Waals surface area contributed by atoms with Crippen LogP contribution in [0.4, 0.5) is 0 Å². The lowest BCUT2D eigenvalue weighted by Crippen LogP contribution is -1.98. The molecule has 0 unspecified atom stereocenters. The number of aromatic nitrogens is 5. The Morgan fingerprint density at radius 2 is 1.36 bits per heavy atom. The molecule has 124 valence electrons. The highest BCUT2D eigenvalue weighted by atomic mass is 16.5. The number of methoxy groups -OCH3 is 2. The van der Waals surface area contributed by atoms with Gasteiger partial charge in [-0.05, 0) is 48.5 Å². The van der Waals surface area contributed by atoms with Gasteiger partial charge < -0.3 is 9.47 Å². The minimum absolute atomic E-state index is 0.444. The first-order valence-electron chi connectivity index (χ1n) is 7.66. The Kier molecular flexibility index (Phi) is 3.74. The van der Waals surface area contributed by atoms with E-state index in [2.05, 4.69) is 20.3 Å². The molecular weight excluding hydrogens is 318 g/mol. The third-order valence-corrected chi connectivity index (χ3v) is 3.87. The lowest BCUT2D eigenvalue weighted by Gasteiger charge is -2.04. The van der Waals surface area contributed by atoms with Crippen molar-refractivity contribution in [3.05, 3.63) is 54.7 Å². The summed E-state index contributed by atoms with van der Waals surface area (Å²) in [6.07, 6.45) is 1.70. The van der Waals surface area contributed by atoms with E-state index < -0.39 is 0 Å². The Labute approximate surface area is 143 Å². The molecule has 0 spiro atoms. The van der Waals surface area contributed by atoms with Crippen LogP contribution < -0.4 is 9.47 Å². The zero-order valence-corrected chi connectivity index (χ0v) is 13.7. The Morgan fingerprint density at radius 1 is 0.760 bits per heavy atom. The number of ether oxygens (including phenoxy) is 2. The molecule has 0 radical (unpaired) electrons. The van der Waals surface area contributed by atoms with Crippen LogP contribution in [0.3, 0.4) is 0 Å². The van der Waals surface area contributed by atoms with Gasteiger partial charge in [-0.1, -0.05) is 0 Å². The standard InChI is InChI=1S/C18H15N5O2/c1-24-14-7-3-12(4-8-14)16-11-19-23-17(21-22-18(23)20-16)13-5-9-15(25-2)10-6-13/h3-11H,1-2H3. The summed E-state index contributed by atoms with van der Waals surface area (Å²) in [5.41, 5.74) is 2.55. The minimum atomic E-state index is 0.444. The summed E-state index contributed by atoms with van der Waals surface area (Å²) in [4.78, 5) is 4.54. The quantitative estimate of drug-likeness (QED) is 0.572. The zero-order valence-electron chi connectivity index (χ0n) is 13.7. The van der Waals surface area contributed by atoms with Crippen LogP contribution in [-0.4, -0.2) is 39.0 Å². The predicted octanol–water partition coefficient (Wildman–Crippen LogP) is 2.87. The van der Waals surface area contributed by atoms with E-state index in [1.54, 1.807) is 24.9 Å². The van der Waals surface area contributed by atoms with Gasteiger partial charge in [-0.25, -0.2) is 4.98 Å². The van der Waals surface area contributed by atoms with Gasteiger partial charge in [-0.2, -0.15) is 9.61 Å². The van der Waals surface area contributed by atoms with Crippen LogP contribution in [0.1, 0.15) is 0 Å². The van der Waals surface area contributed by atoms with Crippen LogP contribution in [-0.2, 0) is 0 Å². The van der Waals surface area contributed by atoms with Crippen LogP contribution in [0.5, 0.6) is 11.5 Å². The van der Waals surface area contributed by atoms with Crippen molar-refractivity contribution < 1.29 is 9.47 Å². The molecule has 0 N–H and O–H groups in total. The summed E-state index contributed by atoms with van der Waals surface area (Å²) < 4.78 is 12.0. The fourth-order valence-electron chi connectivity index (χ4n) is 2.52. The van der Waals surface area contributed by atoms with Crippen LogP contribution in [0.15, 0.2) is 54.7 Å². The second-order valence-corrected chi connectivity index (χ2v) is 5.33. The number of fused-ring (bicyclic) bond motifs is 1. The van der Waals surface area contributed by atoms with Crippen molar-refractivity contribution in [1.82, 2.24) is 24.8 Å². The van der Waals surface area contributed by atoms with Crippen LogP contribution in [0.2, 0.25) is 0 Å². The summed E-state index contributed by atoms with van der Waals surface area (Å²) in [6.45, 7) is 0. The Hall–Kier alpha value is -3.48. The lowest BCUT2D eigenvalue weighted by molar-refractivity contribution is 0.415.